The molecule has 0 aliphatic rings. The molecule has 0 radical (unpaired) electrons. The van der Waals surface area contributed by atoms with E-state index in [9.17, 15) is 18.0 Å². The van der Waals surface area contributed by atoms with Gasteiger partial charge in [0.15, 0.2) is 11.5 Å². The van der Waals surface area contributed by atoms with E-state index >= 15 is 0 Å². The predicted molar refractivity (Wildman–Crippen MR) is 86.2 cm³/mol. The van der Waals surface area contributed by atoms with Crippen molar-refractivity contribution in [1.82, 2.24) is 0 Å². The van der Waals surface area contributed by atoms with E-state index in [1.165, 1.54) is 19.2 Å². The van der Waals surface area contributed by atoms with Gasteiger partial charge in [-0.15, -0.1) is 13.2 Å². The van der Waals surface area contributed by atoms with E-state index in [1.807, 2.05) is 0 Å². The van der Waals surface area contributed by atoms with E-state index in [-0.39, 0.29) is 16.9 Å². The Hall–Kier alpha value is -2.96. The maximum atomic E-state index is 12.9. The summed E-state index contributed by atoms with van der Waals surface area (Å²) in [5, 5.41) is 0. The highest BCUT2D eigenvalue weighted by atomic mass is 19.4. The monoisotopic (exact) mass is 352 g/mol. The first-order valence-electron chi connectivity index (χ1n) is 7.08. The molecule has 0 amide bonds. The molecule has 0 unspecified atom stereocenters. The Balaban J connectivity index is 2.78. The Morgan fingerprint density at radius 1 is 1.04 bits per heavy atom. The smallest absolute Gasteiger partial charge is 0.493 e. The fourth-order valence-electron chi connectivity index (χ4n) is 2.32. The number of esters is 1. The lowest BCUT2D eigenvalue weighted by molar-refractivity contribution is -0.275. The lowest BCUT2D eigenvalue weighted by atomic mass is 9.93. The van der Waals surface area contributed by atoms with Crippen LogP contribution in [-0.2, 0) is 9.53 Å². The van der Waals surface area contributed by atoms with Gasteiger partial charge in [0, 0.05) is 5.56 Å². The summed E-state index contributed by atoms with van der Waals surface area (Å²) in [5.74, 6) is -1.71. The van der Waals surface area contributed by atoms with E-state index < -0.39 is 18.1 Å². The second-order valence-electron chi connectivity index (χ2n) is 4.90. The minimum atomic E-state index is -4.98. The zero-order chi connectivity index (χ0) is 18.6. The van der Waals surface area contributed by atoms with Crippen LogP contribution in [0.2, 0.25) is 0 Å². The largest absolute Gasteiger partial charge is 0.573 e. The Labute approximate surface area is 142 Å². The fourth-order valence-corrected chi connectivity index (χ4v) is 2.32. The van der Waals surface area contributed by atoms with Crippen LogP contribution in [0.3, 0.4) is 0 Å². The summed E-state index contributed by atoms with van der Waals surface area (Å²) in [6.45, 7) is 3.57. The molecule has 0 fully saturated rings. The van der Waals surface area contributed by atoms with Crippen LogP contribution < -0.4 is 9.47 Å². The molecular formula is C18H15F3O4. The topological polar surface area (TPSA) is 44.8 Å². The molecule has 0 atom stereocenters. The van der Waals surface area contributed by atoms with Crippen LogP contribution in [0.1, 0.15) is 5.56 Å². The van der Waals surface area contributed by atoms with Gasteiger partial charge in [-0.1, -0.05) is 36.9 Å². The summed E-state index contributed by atoms with van der Waals surface area (Å²) in [6, 6.07) is 11.4. The molecular weight excluding hydrogens is 337 g/mol. The number of halogens is 3. The zero-order valence-electron chi connectivity index (χ0n) is 13.5. The highest BCUT2D eigenvalue weighted by Crippen LogP contribution is 2.44. The van der Waals surface area contributed by atoms with Gasteiger partial charge in [0.2, 0.25) is 0 Å². The van der Waals surface area contributed by atoms with Crippen molar-refractivity contribution < 1.29 is 32.2 Å². The Kier molecular flexibility index (Phi) is 5.36. The van der Waals surface area contributed by atoms with E-state index in [1.54, 1.807) is 30.3 Å². The Morgan fingerprint density at radius 2 is 1.68 bits per heavy atom. The van der Waals surface area contributed by atoms with Crippen LogP contribution >= 0.6 is 0 Å². The summed E-state index contributed by atoms with van der Waals surface area (Å²) in [6.07, 6.45) is -4.98. The van der Waals surface area contributed by atoms with Gasteiger partial charge in [-0.2, -0.15) is 0 Å². The third kappa shape index (κ3) is 4.12. The number of hydrogen-bond acceptors (Lipinski definition) is 4. The summed E-state index contributed by atoms with van der Waals surface area (Å²) in [4.78, 5) is 11.9. The quantitative estimate of drug-likeness (QED) is 0.589. The third-order valence-electron chi connectivity index (χ3n) is 3.38. The summed E-state index contributed by atoms with van der Waals surface area (Å²) in [7, 11) is 2.31. The van der Waals surface area contributed by atoms with Gasteiger partial charge in [-0.3, -0.25) is 0 Å². The van der Waals surface area contributed by atoms with Crippen LogP contribution in [0.15, 0.2) is 49.0 Å². The van der Waals surface area contributed by atoms with Crippen LogP contribution in [-0.4, -0.2) is 26.6 Å². The van der Waals surface area contributed by atoms with Crippen molar-refractivity contribution in [2.45, 2.75) is 6.36 Å². The highest BCUT2D eigenvalue weighted by Gasteiger charge is 2.35. The minimum absolute atomic E-state index is 0.144. The van der Waals surface area contributed by atoms with Crippen LogP contribution in [0, 0.1) is 0 Å². The van der Waals surface area contributed by atoms with Crippen molar-refractivity contribution in [2.24, 2.45) is 0 Å². The molecule has 2 aromatic rings. The molecule has 0 aromatic heterocycles. The normalized spacial score (nSPS) is 10.9. The molecule has 4 nitrogen and oxygen atoms in total. The number of carbonyl (C=O) groups excluding carboxylic acids is 1. The molecule has 0 aliphatic carbocycles. The maximum absolute atomic E-state index is 12.9. The van der Waals surface area contributed by atoms with Crippen molar-refractivity contribution in [1.29, 1.82) is 0 Å². The van der Waals surface area contributed by atoms with Gasteiger partial charge in [0.1, 0.15) is 0 Å². The first kappa shape index (κ1) is 18.4. The van der Waals surface area contributed by atoms with E-state index in [4.69, 9.17) is 4.74 Å². The first-order valence-corrected chi connectivity index (χ1v) is 7.08. The molecule has 0 N–H and O–H groups in total. The van der Waals surface area contributed by atoms with Crippen molar-refractivity contribution in [3.63, 3.8) is 0 Å². The van der Waals surface area contributed by atoms with Crippen LogP contribution in [0.5, 0.6) is 11.5 Å². The van der Waals surface area contributed by atoms with Crippen molar-refractivity contribution in [3.05, 3.63) is 54.6 Å². The van der Waals surface area contributed by atoms with Gasteiger partial charge in [-0.05, 0) is 23.3 Å². The molecule has 0 saturated heterocycles. The molecule has 0 saturated carbocycles. The molecule has 2 rings (SSSR count). The molecule has 25 heavy (non-hydrogen) atoms. The van der Waals surface area contributed by atoms with E-state index in [0.717, 1.165) is 7.11 Å². The molecule has 0 spiro atoms. The highest BCUT2D eigenvalue weighted by molar-refractivity contribution is 6.18. The molecule has 0 bridgehead atoms. The van der Waals surface area contributed by atoms with Crippen molar-refractivity contribution in [3.8, 4) is 22.6 Å². The molecule has 0 heterocycles. The number of methoxy groups -OCH3 is 2. The van der Waals surface area contributed by atoms with E-state index in [2.05, 4.69) is 16.1 Å². The van der Waals surface area contributed by atoms with Crippen molar-refractivity contribution >= 4 is 11.5 Å². The SMILES string of the molecule is C=C(C(=O)OC)c1c(-c2ccccc2)ccc(OC)c1OC(F)(F)F. The van der Waals surface area contributed by atoms with Gasteiger partial charge in [0.05, 0.1) is 19.8 Å². The number of ether oxygens (including phenoxy) is 3. The number of alkyl halides is 3. The average Bonchev–Trinajstić information content (AvgIpc) is 2.59. The number of carbonyl (C=O) groups is 1. The summed E-state index contributed by atoms with van der Waals surface area (Å²) in [5.41, 5.74) is 0.488. The lowest BCUT2D eigenvalue weighted by Crippen LogP contribution is -2.19. The first-order chi connectivity index (χ1) is 11.8. The second-order valence-corrected chi connectivity index (χ2v) is 4.90. The Bertz CT molecular complexity index is 783. The summed E-state index contributed by atoms with van der Waals surface area (Å²) >= 11 is 0. The average molecular weight is 352 g/mol. The van der Waals surface area contributed by atoms with Crippen LogP contribution in [0.25, 0.3) is 16.7 Å². The number of benzene rings is 2. The van der Waals surface area contributed by atoms with Crippen LogP contribution in [0.4, 0.5) is 13.2 Å². The molecule has 2 aromatic carbocycles. The number of hydrogen-bond donors (Lipinski definition) is 0. The van der Waals surface area contributed by atoms with Gasteiger partial charge in [0.25, 0.3) is 0 Å². The zero-order valence-corrected chi connectivity index (χ0v) is 13.5. The lowest BCUT2D eigenvalue weighted by Gasteiger charge is -2.20. The van der Waals surface area contributed by atoms with Gasteiger partial charge < -0.3 is 14.2 Å². The third-order valence-corrected chi connectivity index (χ3v) is 3.38. The molecule has 7 heteroatoms. The van der Waals surface area contributed by atoms with Gasteiger partial charge in [-0.25, -0.2) is 4.79 Å². The van der Waals surface area contributed by atoms with Gasteiger partial charge >= 0.3 is 12.3 Å². The van der Waals surface area contributed by atoms with Crippen molar-refractivity contribution in [2.75, 3.05) is 14.2 Å². The second kappa shape index (κ2) is 7.29. The minimum Gasteiger partial charge on any atom is -0.493 e. The maximum Gasteiger partial charge on any atom is 0.573 e. The molecule has 0 aliphatic heterocycles. The number of rotatable bonds is 5. The Morgan fingerprint density at radius 3 is 2.20 bits per heavy atom. The fraction of sp³-hybridized carbons (Fsp3) is 0.167. The standard InChI is InChI=1S/C18H15F3O4/c1-11(17(22)24-3)15-13(12-7-5-4-6-8-12)9-10-14(23-2)16(15)25-18(19,20)21/h4-10H,1H2,2-3H3. The summed E-state index contributed by atoms with van der Waals surface area (Å²) < 4.78 is 52.4. The van der Waals surface area contributed by atoms with E-state index in [0.29, 0.717) is 11.1 Å². The molecule has 132 valence electrons. The predicted octanol–water partition coefficient (Wildman–Crippen LogP) is 4.45.